The molecule has 0 saturated heterocycles. The molecule has 1 aliphatic heterocycles. The van der Waals surface area contributed by atoms with E-state index in [9.17, 15) is 4.79 Å². The lowest BCUT2D eigenvalue weighted by Gasteiger charge is -2.09. The summed E-state index contributed by atoms with van der Waals surface area (Å²) in [5.74, 6) is -0.00265. The molecule has 2 N–H and O–H groups in total. The predicted molar refractivity (Wildman–Crippen MR) is 72.1 cm³/mol. The highest BCUT2D eigenvalue weighted by atomic mass is 35.5. The quantitative estimate of drug-likeness (QED) is 0.893. The van der Waals surface area contributed by atoms with Crippen molar-refractivity contribution in [1.29, 1.82) is 0 Å². The molecule has 0 bridgehead atoms. The Morgan fingerprint density at radius 2 is 2.37 bits per heavy atom. The monoisotopic (exact) mass is 277 g/mol. The molecule has 0 fully saturated rings. The van der Waals surface area contributed by atoms with Gasteiger partial charge in [0.05, 0.1) is 23.7 Å². The Kier molecular flexibility index (Phi) is 2.87. The first-order valence-corrected chi connectivity index (χ1v) is 6.21. The number of carbonyl (C=O) groups is 1. The van der Waals surface area contributed by atoms with E-state index in [1.165, 1.54) is 0 Å². The first-order valence-electron chi connectivity index (χ1n) is 5.83. The number of anilines is 2. The minimum atomic E-state index is -0.00265. The molecule has 0 radical (unpaired) electrons. The van der Waals surface area contributed by atoms with E-state index in [4.69, 9.17) is 11.6 Å². The first-order chi connectivity index (χ1) is 9.11. The Labute approximate surface area is 114 Å². The topological polar surface area (TPSA) is 71.8 Å². The van der Waals surface area contributed by atoms with Gasteiger partial charge in [0.2, 0.25) is 5.91 Å². The number of aromatic nitrogens is 3. The lowest BCUT2D eigenvalue weighted by Crippen LogP contribution is -2.03. The van der Waals surface area contributed by atoms with Crippen LogP contribution >= 0.6 is 11.6 Å². The SMILES string of the molecule is Cn1cc(CNc2cc3c(cc2Cl)NC(=O)C3)nn1. The minimum absolute atomic E-state index is 0.00265. The van der Waals surface area contributed by atoms with Crippen LogP contribution in [0.5, 0.6) is 0 Å². The molecule has 3 rings (SSSR count). The number of hydrogen-bond donors (Lipinski definition) is 2. The summed E-state index contributed by atoms with van der Waals surface area (Å²) in [4.78, 5) is 11.3. The lowest BCUT2D eigenvalue weighted by atomic mass is 10.1. The van der Waals surface area contributed by atoms with Crippen LogP contribution in [-0.4, -0.2) is 20.9 Å². The van der Waals surface area contributed by atoms with Gasteiger partial charge in [0.1, 0.15) is 5.69 Å². The van der Waals surface area contributed by atoms with Gasteiger partial charge in [0.25, 0.3) is 0 Å². The number of aryl methyl sites for hydroxylation is 1. The third kappa shape index (κ3) is 2.39. The number of amides is 1. The van der Waals surface area contributed by atoms with Crippen LogP contribution in [0.1, 0.15) is 11.3 Å². The van der Waals surface area contributed by atoms with Gasteiger partial charge in [-0.25, -0.2) is 0 Å². The van der Waals surface area contributed by atoms with E-state index in [2.05, 4.69) is 20.9 Å². The molecular weight excluding hydrogens is 266 g/mol. The fraction of sp³-hybridized carbons (Fsp3) is 0.250. The molecule has 6 nitrogen and oxygen atoms in total. The predicted octanol–water partition coefficient (Wildman–Crippen LogP) is 1.58. The Hall–Kier alpha value is -2.08. The smallest absolute Gasteiger partial charge is 0.228 e. The van der Waals surface area contributed by atoms with Gasteiger partial charge in [0, 0.05) is 18.9 Å². The van der Waals surface area contributed by atoms with Crippen LogP contribution in [0.2, 0.25) is 5.02 Å². The number of fused-ring (bicyclic) bond motifs is 1. The summed E-state index contributed by atoms with van der Waals surface area (Å²) in [6.07, 6.45) is 2.23. The number of benzene rings is 1. The third-order valence-corrected chi connectivity index (χ3v) is 3.24. The van der Waals surface area contributed by atoms with Crippen LogP contribution < -0.4 is 10.6 Å². The summed E-state index contributed by atoms with van der Waals surface area (Å²) in [6, 6.07) is 3.66. The van der Waals surface area contributed by atoms with Gasteiger partial charge in [-0.1, -0.05) is 16.8 Å². The number of hydrogen-bond acceptors (Lipinski definition) is 4. The second kappa shape index (κ2) is 4.55. The largest absolute Gasteiger partial charge is 0.378 e. The minimum Gasteiger partial charge on any atom is -0.378 e. The second-order valence-corrected chi connectivity index (χ2v) is 4.86. The van der Waals surface area contributed by atoms with Crippen LogP contribution in [0.4, 0.5) is 11.4 Å². The highest BCUT2D eigenvalue weighted by molar-refractivity contribution is 6.33. The average Bonchev–Trinajstić information content (AvgIpc) is 2.91. The van der Waals surface area contributed by atoms with Gasteiger partial charge in [-0.2, -0.15) is 0 Å². The molecule has 2 heterocycles. The Morgan fingerprint density at radius 3 is 3.11 bits per heavy atom. The number of carbonyl (C=O) groups excluding carboxylic acids is 1. The Morgan fingerprint density at radius 1 is 1.53 bits per heavy atom. The van der Waals surface area contributed by atoms with Crippen molar-refractivity contribution in [2.45, 2.75) is 13.0 Å². The van der Waals surface area contributed by atoms with Crippen molar-refractivity contribution in [3.8, 4) is 0 Å². The summed E-state index contributed by atoms with van der Waals surface area (Å²) in [5, 5.41) is 14.4. The Balaban J connectivity index is 1.78. The summed E-state index contributed by atoms with van der Waals surface area (Å²) in [7, 11) is 1.82. The maximum Gasteiger partial charge on any atom is 0.228 e. The maximum absolute atomic E-state index is 11.3. The third-order valence-electron chi connectivity index (χ3n) is 2.93. The highest BCUT2D eigenvalue weighted by Crippen LogP contribution is 2.32. The molecule has 0 spiro atoms. The van der Waals surface area contributed by atoms with Crippen molar-refractivity contribution in [2.24, 2.45) is 7.05 Å². The number of rotatable bonds is 3. The van der Waals surface area contributed by atoms with Gasteiger partial charge in [-0.05, 0) is 17.7 Å². The molecule has 1 aromatic heterocycles. The van der Waals surface area contributed by atoms with Crippen molar-refractivity contribution in [3.05, 3.63) is 34.6 Å². The molecule has 0 atom stereocenters. The fourth-order valence-electron chi connectivity index (χ4n) is 2.05. The average molecular weight is 278 g/mol. The Bertz CT molecular complexity index is 652. The van der Waals surface area contributed by atoms with E-state index < -0.39 is 0 Å². The van der Waals surface area contributed by atoms with Crippen LogP contribution in [-0.2, 0) is 24.8 Å². The zero-order valence-corrected chi connectivity index (χ0v) is 11.0. The van der Waals surface area contributed by atoms with E-state index in [0.717, 1.165) is 22.6 Å². The van der Waals surface area contributed by atoms with Gasteiger partial charge >= 0.3 is 0 Å². The van der Waals surface area contributed by atoms with Crippen molar-refractivity contribution in [1.82, 2.24) is 15.0 Å². The van der Waals surface area contributed by atoms with Gasteiger partial charge in [-0.15, -0.1) is 5.10 Å². The molecule has 19 heavy (non-hydrogen) atoms. The standard InChI is InChI=1S/C12H12ClN5O/c1-18-6-8(16-17-18)5-14-11-2-7-3-12(19)15-10(7)4-9(11)13/h2,4,6,14H,3,5H2,1H3,(H,15,19). The first kappa shape index (κ1) is 12.0. The molecular formula is C12H12ClN5O. The molecule has 0 saturated carbocycles. The molecule has 1 aliphatic rings. The van der Waals surface area contributed by atoms with E-state index >= 15 is 0 Å². The lowest BCUT2D eigenvalue weighted by molar-refractivity contribution is -0.115. The molecule has 2 aromatic rings. The van der Waals surface area contributed by atoms with Gasteiger partial charge in [-0.3, -0.25) is 9.48 Å². The van der Waals surface area contributed by atoms with Crippen molar-refractivity contribution < 1.29 is 4.79 Å². The zero-order chi connectivity index (χ0) is 13.4. The molecule has 0 aliphatic carbocycles. The molecule has 1 aromatic carbocycles. The van der Waals surface area contributed by atoms with Gasteiger partial charge in [0.15, 0.2) is 0 Å². The summed E-state index contributed by atoms with van der Waals surface area (Å²) >= 11 is 6.17. The van der Waals surface area contributed by atoms with E-state index in [1.807, 2.05) is 19.3 Å². The summed E-state index contributed by atoms with van der Waals surface area (Å²) < 4.78 is 1.64. The number of nitrogens with one attached hydrogen (secondary N) is 2. The molecule has 0 unspecified atom stereocenters. The van der Waals surface area contributed by atoms with Crippen molar-refractivity contribution in [3.63, 3.8) is 0 Å². The van der Waals surface area contributed by atoms with Crippen LogP contribution in [0.15, 0.2) is 18.3 Å². The van der Waals surface area contributed by atoms with Crippen LogP contribution in [0.3, 0.4) is 0 Å². The molecule has 98 valence electrons. The van der Waals surface area contributed by atoms with Crippen LogP contribution in [0.25, 0.3) is 0 Å². The van der Waals surface area contributed by atoms with Crippen LogP contribution in [0, 0.1) is 0 Å². The van der Waals surface area contributed by atoms with E-state index in [-0.39, 0.29) is 5.91 Å². The summed E-state index contributed by atoms with van der Waals surface area (Å²) in [5.41, 5.74) is 3.37. The highest BCUT2D eigenvalue weighted by Gasteiger charge is 2.19. The zero-order valence-electron chi connectivity index (χ0n) is 10.3. The number of nitrogens with zero attached hydrogens (tertiary/aromatic N) is 3. The van der Waals surface area contributed by atoms with E-state index in [1.54, 1.807) is 10.7 Å². The van der Waals surface area contributed by atoms with Gasteiger partial charge < -0.3 is 10.6 Å². The molecule has 1 amide bonds. The van der Waals surface area contributed by atoms with Crippen molar-refractivity contribution in [2.75, 3.05) is 10.6 Å². The molecule has 7 heteroatoms. The second-order valence-electron chi connectivity index (χ2n) is 4.45. The number of halogens is 1. The summed E-state index contributed by atoms with van der Waals surface area (Å²) in [6.45, 7) is 0.535. The van der Waals surface area contributed by atoms with Crippen molar-refractivity contribution >= 4 is 28.9 Å². The van der Waals surface area contributed by atoms with E-state index in [0.29, 0.717) is 18.0 Å². The fourth-order valence-corrected chi connectivity index (χ4v) is 2.28. The normalized spacial score (nSPS) is 13.3. The maximum atomic E-state index is 11.3.